The lowest BCUT2D eigenvalue weighted by molar-refractivity contribution is 0.0517. The molecule has 0 aliphatic carbocycles. The van der Waals surface area contributed by atoms with Crippen LogP contribution < -0.4 is 4.74 Å². The molecule has 0 unspecified atom stereocenters. The molecule has 2 aromatic carbocycles. The average Bonchev–Trinajstić information content (AvgIpc) is 2.94. The van der Waals surface area contributed by atoms with Crippen molar-refractivity contribution in [2.24, 2.45) is 0 Å². The molecule has 0 aliphatic rings. The molecule has 0 saturated carbocycles. The van der Waals surface area contributed by atoms with Crippen molar-refractivity contribution in [3.05, 3.63) is 59.8 Å². The summed E-state index contributed by atoms with van der Waals surface area (Å²) >= 11 is 0. The van der Waals surface area contributed by atoms with Crippen LogP contribution >= 0.6 is 0 Å². The smallest absolute Gasteiger partial charge is 0.355 e. The zero-order valence-electron chi connectivity index (χ0n) is 13.5. The van der Waals surface area contributed by atoms with Gasteiger partial charge in [0.15, 0.2) is 0 Å². The molecule has 0 atom stereocenters. The van der Waals surface area contributed by atoms with Gasteiger partial charge in [0, 0.05) is 11.1 Å². The van der Waals surface area contributed by atoms with Crippen molar-refractivity contribution in [2.45, 2.75) is 13.8 Å². The molecule has 0 fully saturated rings. The number of nitrogens with zero attached hydrogens (tertiary/aromatic N) is 1. The molecule has 0 aliphatic heterocycles. The third-order valence-corrected chi connectivity index (χ3v) is 3.78. The Hall–Kier alpha value is -2.75. The molecule has 3 rings (SSSR count). The van der Waals surface area contributed by atoms with Gasteiger partial charge in [-0.1, -0.05) is 12.1 Å². The minimum atomic E-state index is -0.322. The van der Waals surface area contributed by atoms with E-state index >= 15 is 0 Å². The van der Waals surface area contributed by atoms with Gasteiger partial charge in [-0.15, -0.1) is 0 Å². The summed E-state index contributed by atoms with van der Waals surface area (Å²) in [5, 5.41) is 1.01. The molecule has 4 nitrogen and oxygen atoms in total. The predicted molar refractivity (Wildman–Crippen MR) is 90.5 cm³/mol. The highest BCUT2D eigenvalue weighted by atomic mass is 16.5. The lowest BCUT2D eigenvalue weighted by atomic mass is 10.2. The van der Waals surface area contributed by atoms with Gasteiger partial charge in [-0.05, 0) is 55.8 Å². The summed E-state index contributed by atoms with van der Waals surface area (Å²) in [6.07, 6.45) is 0. The van der Waals surface area contributed by atoms with Crippen LogP contribution in [0.15, 0.2) is 48.5 Å². The molecule has 1 aromatic heterocycles. The Balaban J connectivity index is 2.23. The first-order valence-corrected chi connectivity index (χ1v) is 7.57. The molecular weight excluding hydrogens is 290 g/mol. The van der Waals surface area contributed by atoms with Gasteiger partial charge >= 0.3 is 5.97 Å². The van der Waals surface area contributed by atoms with Crippen LogP contribution in [-0.2, 0) is 4.74 Å². The van der Waals surface area contributed by atoms with Crippen LogP contribution in [0, 0.1) is 6.92 Å². The van der Waals surface area contributed by atoms with Gasteiger partial charge in [-0.2, -0.15) is 0 Å². The first-order valence-electron chi connectivity index (χ1n) is 7.57. The van der Waals surface area contributed by atoms with E-state index in [4.69, 9.17) is 9.47 Å². The number of fused-ring (bicyclic) bond motifs is 1. The van der Waals surface area contributed by atoms with E-state index in [1.165, 1.54) is 0 Å². The molecule has 0 bridgehead atoms. The molecule has 0 spiro atoms. The molecule has 23 heavy (non-hydrogen) atoms. The van der Waals surface area contributed by atoms with Crippen LogP contribution in [0.1, 0.15) is 23.0 Å². The van der Waals surface area contributed by atoms with Crippen molar-refractivity contribution in [2.75, 3.05) is 13.7 Å². The maximum atomic E-state index is 12.3. The Morgan fingerprint density at radius 2 is 1.83 bits per heavy atom. The number of esters is 1. The number of carbonyl (C=O) groups is 1. The third kappa shape index (κ3) is 2.80. The predicted octanol–water partition coefficient (Wildman–Crippen LogP) is 4.12. The van der Waals surface area contributed by atoms with Gasteiger partial charge < -0.3 is 14.0 Å². The maximum Gasteiger partial charge on any atom is 0.355 e. The zero-order valence-corrected chi connectivity index (χ0v) is 13.5. The quantitative estimate of drug-likeness (QED) is 0.681. The molecular formula is C19H19NO3. The number of hydrogen-bond acceptors (Lipinski definition) is 3. The first-order chi connectivity index (χ1) is 11.1. The third-order valence-electron chi connectivity index (χ3n) is 3.78. The van der Waals surface area contributed by atoms with E-state index in [1.807, 2.05) is 60.9 Å². The van der Waals surface area contributed by atoms with Crippen molar-refractivity contribution in [1.82, 2.24) is 4.57 Å². The van der Waals surface area contributed by atoms with Crippen LogP contribution in [0.2, 0.25) is 0 Å². The highest BCUT2D eigenvalue weighted by Crippen LogP contribution is 2.27. The number of benzene rings is 2. The second-order valence-electron chi connectivity index (χ2n) is 5.35. The zero-order chi connectivity index (χ0) is 16.4. The molecule has 118 valence electrons. The standard InChI is InChI=1S/C19H19NO3/c1-4-23-19(21)18-12-14-6-5-13(2)11-17(14)20(18)15-7-9-16(22-3)10-8-15/h5-12H,4H2,1-3H3. The molecule has 3 aromatic rings. The van der Waals surface area contributed by atoms with Crippen LogP contribution in [0.4, 0.5) is 0 Å². The van der Waals surface area contributed by atoms with Gasteiger partial charge in [0.25, 0.3) is 0 Å². The van der Waals surface area contributed by atoms with Crippen LogP contribution in [0.25, 0.3) is 16.6 Å². The van der Waals surface area contributed by atoms with Crippen LogP contribution in [-0.4, -0.2) is 24.3 Å². The van der Waals surface area contributed by atoms with E-state index in [0.717, 1.165) is 27.9 Å². The fourth-order valence-corrected chi connectivity index (χ4v) is 2.68. The molecule has 0 saturated heterocycles. The van der Waals surface area contributed by atoms with Crippen molar-refractivity contribution < 1.29 is 14.3 Å². The Morgan fingerprint density at radius 3 is 2.48 bits per heavy atom. The molecule has 0 radical (unpaired) electrons. The molecule has 0 amide bonds. The number of hydrogen-bond donors (Lipinski definition) is 0. The van der Waals surface area contributed by atoms with Crippen molar-refractivity contribution in [1.29, 1.82) is 0 Å². The topological polar surface area (TPSA) is 40.5 Å². The summed E-state index contributed by atoms with van der Waals surface area (Å²) in [6.45, 7) is 4.19. The van der Waals surface area contributed by atoms with E-state index in [0.29, 0.717) is 12.3 Å². The summed E-state index contributed by atoms with van der Waals surface area (Å²) in [5.41, 5.74) is 3.55. The SMILES string of the molecule is CCOC(=O)c1cc2ccc(C)cc2n1-c1ccc(OC)cc1. The fourth-order valence-electron chi connectivity index (χ4n) is 2.68. The number of ether oxygens (including phenoxy) is 2. The van der Waals surface area contributed by atoms with Crippen LogP contribution in [0.5, 0.6) is 5.75 Å². The second-order valence-corrected chi connectivity index (χ2v) is 5.35. The summed E-state index contributed by atoms with van der Waals surface area (Å²) in [5.74, 6) is 0.455. The van der Waals surface area contributed by atoms with Crippen molar-refractivity contribution in [3.63, 3.8) is 0 Å². The largest absolute Gasteiger partial charge is 0.497 e. The number of methoxy groups -OCH3 is 1. The number of rotatable bonds is 4. The normalized spacial score (nSPS) is 10.7. The minimum absolute atomic E-state index is 0.322. The van der Waals surface area contributed by atoms with Gasteiger partial charge in [0.05, 0.1) is 19.2 Å². The first kappa shape index (κ1) is 15.2. The fraction of sp³-hybridized carbons (Fsp3) is 0.211. The number of aryl methyl sites for hydroxylation is 1. The number of carbonyl (C=O) groups excluding carboxylic acids is 1. The van der Waals surface area contributed by atoms with Crippen LogP contribution in [0.3, 0.4) is 0 Å². The molecule has 1 heterocycles. The van der Waals surface area contributed by atoms with E-state index in [1.54, 1.807) is 7.11 Å². The second kappa shape index (κ2) is 6.16. The summed E-state index contributed by atoms with van der Waals surface area (Å²) in [7, 11) is 1.63. The van der Waals surface area contributed by atoms with Crippen molar-refractivity contribution in [3.8, 4) is 11.4 Å². The number of aromatic nitrogens is 1. The molecule has 0 N–H and O–H groups in total. The highest BCUT2D eigenvalue weighted by molar-refractivity contribution is 5.97. The lowest BCUT2D eigenvalue weighted by Crippen LogP contribution is -2.10. The van der Waals surface area contributed by atoms with Gasteiger partial charge in [0.2, 0.25) is 0 Å². The van der Waals surface area contributed by atoms with E-state index in [-0.39, 0.29) is 5.97 Å². The Kier molecular flexibility index (Phi) is 4.06. The Bertz CT molecular complexity index is 847. The summed E-state index contributed by atoms with van der Waals surface area (Å²) in [6, 6.07) is 15.6. The van der Waals surface area contributed by atoms with E-state index in [9.17, 15) is 4.79 Å². The van der Waals surface area contributed by atoms with E-state index in [2.05, 4.69) is 6.07 Å². The molecule has 4 heteroatoms. The summed E-state index contributed by atoms with van der Waals surface area (Å²) in [4.78, 5) is 12.3. The Morgan fingerprint density at radius 1 is 1.09 bits per heavy atom. The maximum absolute atomic E-state index is 12.3. The lowest BCUT2D eigenvalue weighted by Gasteiger charge is -2.11. The van der Waals surface area contributed by atoms with E-state index < -0.39 is 0 Å². The highest BCUT2D eigenvalue weighted by Gasteiger charge is 2.18. The summed E-state index contributed by atoms with van der Waals surface area (Å²) < 4.78 is 12.3. The minimum Gasteiger partial charge on any atom is -0.497 e. The van der Waals surface area contributed by atoms with Gasteiger partial charge in [-0.3, -0.25) is 0 Å². The average molecular weight is 309 g/mol. The van der Waals surface area contributed by atoms with Gasteiger partial charge in [-0.25, -0.2) is 4.79 Å². The monoisotopic (exact) mass is 309 g/mol. The van der Waals surface area contributed by atoms with Crippen molar-refractivity contribution >= 4 is 16.9 Å². The Labute approximate surface area is 135 Å². The van der Waals surface area contributed by atoms with Gasteiger partial charge in [0.1, 0.15) is 11.4 Å².